The van der Waals surface area contributed by atoms with Crippen LogP contribution < -0.4 is 10.6 Å². The van der Waals surface area contributed by atoms with E-state index in [-0.39, 0.29) is 24.3 Å². The van der Waals surface area contributed by atoms with Gasteiger partial charge in [0.15, 0.2) is 0 Å². The van der Waals surface area contributed by atoms with E-state index in [2.05, 4.69) is 10.6 Å². The third-order valence-corrected chi connectivity index (χ3v) is 2.77. The maximum atomic E-state index is 11.7. The molecule has 0 saturated carbocycles. The summed E-state index contributed by atoms with van der Waals surface area (Å²) >= 11 is 0. The van der Waals surface area contributed by atoms with E-state index in [9.17, 15) is 9.59 Å². The monoisotopic (exact) mass is 228 g/mol. The van der Waals surface area contributed by atoms with E-state index in [1.54, 1.807) is 0 Å². The summed E-state index contributed by atoms with van der Waals surface area (Å²) in [4.78, 5) is 22.1. The number of amides is 1. The van der Waals surface area contributed by atoms with Crippen molar-refractivity contribution >= 4 is 11.9 Å². The molecule has 1 amide bonds. The quantitative estimate of drug-likeness (QED) is 0.634. The van der Waals surface area contributed by atoms with E-state index in [0.717, 1.165) is 25.8 Å². The van der Waals surface area contributed by atoms with Crippen LogP contribution in [0.25, 0.3) is 0 Å². The maximum absolute atomic E-state index is 11.7. The summed E-state index contributed by atoms with van der Waals surface area (Å²) in [5.41, 5.74) is 0. The van der Waals surface area contributed by atoms with Crippen molar-refractivity contribution in [3.8, 4) is 0 Å². The first-order chi connectivity index (χ1) is 7.59. The topological polar surface area (TPSA) is 78.4 Å². The molecule has 92 valence electrons. The SMILES string of the molecule is CC(CNC(=O)C1CCCCN1)CC(=O)O. The van der Waals surface area contributed by atoms with E-state index in [1.165, 1.54) is 0 Å². The van der Waals surface area contributed by atoms with Crippen molar-refractivity contribution in [1.29, 1.82) is 0 Å². The van der Waals surface area contributed by atoms with Crippen LogP contribution in [-0.4, -0.2) is 36.1 Å². The molecule has 0 aliphatic carbocycles. The van der Waals surface area contributed by atoms with Crippen LogP contribution in [0.5, 0.6) is 0 Å². The molecule has 2 atom stereocenters. The maximum Gasteiger partial charge on any atom is 0.303 e. The molecule has 0 aromatic heterocycles. The van der Waals surface area contributed by atoms with Crippen LogP contribution in [0, 0.1) is 5.92 Å². The Morgan fingerprint density at radius 2 is 2.25 bits per heavy atom. The second-order valence-corrected chi connectivity index (χ2v) is 4.45. The predicted octanol–water partition coefficient (Wildman–Crippen LogP) is 0.356. The molecule has 1 fully saturated rings. The Morgan fingerprint density at radius 3 is 2.81 bits per heavy atom. The Bertz CT molecular complexity index is 250. The fourth-order valence-corrected chi connectivity index (χ4v) is 1.84. The second-order valence-electron chi connectivity index (χ2n) is 4.45. The number of piperidine rings is 1. The van der Waals surface area contributed by atoms with Gasteiger partial charge in [-0.3, -0.25) is 9.59 Å². The highest BCUT2D eigenvalue weighted by Gasteiger charge is 2.20. The Hall–Kier alpha value is -1.10. The summed E-state index contributed by atoms with van der Waals surface area (Å²) in [7, 11) is 0. The minimum Gasteiger partial charge on any atom is -0.481 e. The largest absolute Gasteiger partial charge is 0.481 e. The van der Waals surface area contributed by atoms with Gasteiger partial charge in [0.05, 0.1) is 6.04 Å². The molecule has 3 N–H and O–H groups in total. The molecule has 5 nitrogen and oxygen atoms in total. The fourth-order valence-electron chi connectivity index (χ4n) is 1.84. The molecule has 0 bridgehead atoms. The van der Waals surface area contributed by atoms with Gasteiger partial charge in [-0.25, -0.2) is 0 Å². The summed E-state index contributed by atoms with van der Waals surface area (Å²) in [6, 6.07) is -0.0919. The van der Waals surface area contributed by atoms with Crippen molar-refractivity contribution in [3.05, 3.63) is 0 Å². The van der Waals surface area contributed by atoms with E-state index >= 15 is 0 Å². The van der Waals surface area contributed by atoms with Gasteiger partial charge in [0.1, 0.15) is 0 Å². The number of carboxylic acid groups (broad SMARTS) is 1. The molecule has 1 heterocycles. The standard InChI is InChI=1S/C11H20N2O3/c1-8(6-10(14)15)7-13-11(16)9-4-2-3-5-12-9/h8-9,12H,2-7H2,1H3,(H,13,16)(H,14,15). The number of nitrogens with one attached hydrogen (secondary N) is 2. The molecule has 1 aliphatic heterocycles. The van der Waals surface area contributed by atoms with Crippen LogP contribution in [0.3, 0.4) is 0 Å². The zero-order valence-electron chi connectivity index (χ0n) is 9.66. The van der Waals surface area contributed by atoms with Crippen molar-refractivity contribution in [2.45, 2.75) is 38.6 Å². The smallest absolute Gasteiger partial charge is 0.303 e. The third-order valence-electron chi connectivity index (χ3n) is 2.77. The number of carbonyl (C=O) groups excluding carboxylic acids is 1. The van der Waals surface area contributed by atoms with Crippen LogP contribution in [0.15, 0.2) is 0 Å². The molecule has 1 aliphatic rings. The van der Waals surface area contributed by atoms with Crippen LogP contribution in [0.2, 0.25) is 0 Å². The molecular formula is C11H20N2O3. The molecule has 0 radical (unpaired) electrons. The highest BCUT2D eigenvalue weighted by molar-refractivity contribution is 5.81. The lowest BCUT2D eigenvalue weighted by Crippen LogP contribution is -2.47. The zero-order valence-corrected chi connectivity index (χ0v) is 9.66. The van der Waals surface area contributed by atoms with E-state index < -0.39 is 5.97 Å². The van der Waals surface area contributed by atoms with Gasteiger partial charge in [0, 0.05) is 13.0 Å². The molecule has 0 aromatic rings. The number of carbonyl (C=O) groups is 2. The lowest BCUT2D eigenvalue weighted by atomic mass is 10.0. The number of hydrogen-bond donors (Lipinski definition) is 3. The Morgan fingerprint density at radius 1 is 1.50 bits per heavy atom. The van der Waals surface area contributed by atoms with Crippen LogP contribution >= 0.6 is 0 Å². The van der Waals surface area contributed by atoms with Crippen LogP contribution in [0.1, 0.15) is 32.6 Å². The number of hydrogen-bond acceptors (Lipinski definition) is 3. The molecule has 16 heavy (non-hydrogen) atoms. The van der Waals surface area contributed by atoms with Gasteiger partial charge in [-0.1, -0.05) is 13.3 Å². The predicted molar refractivity (Wildman–Crippen MR) is 60.1 cm³/mol. The van der Waals surface area contributed by atoms with E-state index in [4.69, 9.17) is 5.11 Å². The molecule has 0 aromatic carbocycles. The highest BCUT2D eigenvalue weighted by Crippen LogP contribution is 2.07. The van der Waals surface area contributed by atoms with E-state index in [0.29, 0.717) is 6.54 Å². The lowest BCUT2D eigenvalue weighted by molar-refractivity contribution is -0.138. The first-order valence-corrected chi connectivity index (χ1v) is 5.82. The first kappa shape index (κ1) is 13.0. The summed E-state index contributed by atoms with van der Waals surface area (Å²) in [6.07, 6.45) is 3.17. The highest BCUT2D eigenvalue weighted by atomic mass is 16.4. The van der Waals surface area contributed by atoms with Crippen molar-refractivity contribution in [2.24, 2.45) is 5.92 Å². The van der Waals surface area contributed by atoms with Gasteiger partial charge in [0.2, 0.25) is 5.91 Å². The molecule has 0 spiro atoms. The number of aliphatic carboxylic acids is 1. The second kappa shape index (κ2) is 6.48. The minimum absolute atomic E-state index is 0.00283. The Balaban J connectivity index is 2.20. The summed E-state index contributed by atoms with van der Waals surface area (Å²) in [6.45, 7) is 3.15. The van der Waals surface area contributed by atoms with Crippen LogP contribution in [-0.2, 0) is 9.59 Å². The lowest BCUT2D eigenvalue weighted by Gasteiger charge is -2.23. The van der Waals surface area contributed by atoms with Crippen molar-refractivity contribution in [2.75, 3.05) is 13.1 Å². The van der Waals surface area contributed by atoms with Gasteiger partial charge in [-0.15, -0.1) is 0 Å². The molecule has 1 rings (SSSR count). The Labute approximate surface area is 95.6 Å². The third kappa shape index (κ3) is 4.61. The number of carboxylic acids is 1. The first-order valence-electron chi connectivity index (χ1n) is 5.82. The van der Waals surface area contributed by atoms with Gasteiger partial charge in [0.25, 0.3) is 0 Å². The van der Waals surface area contributed by atoms with Crippen molar-refractivity contribution < 1.29 is 14.7 Å². The van der Waals surface area contributed by atoms with Gasteiger partial charge in [-0.05, 0) is 25.3 Å². The van der Waals surface area contributed by atoms with Gasteiger partial charge in [-0.2, -0.15) is 0 Å². The minimum atomic E-state index is -0.822. The normalized spacial score (nSPS) is 22.4. The fraction of sp³-hybridized carbons (Fsp3) is 0.818. The summed E-state index contributed by atoms with van der Waals surface area (Å²) in [5.74, 6) is -0.848. The van der Waals surface area contributed by atoms with Gasteiger partial charge >= 0.3 is 5.97 Å². The zero-order chi connectivity index (χ0) is 12.0. The number of rotatable bonds is 5. The molecule has 1 saturated heterocycles. The average molecular weight is 228 g/mol. The summed E-state index contributed by atoms with van der Waals surface area (Å²) in [5, 5.41) is 14.5. The van der Waals surface area contributed by atoms with Crippen LogP contribution in [0.4, 0.5) is 0 Å². The van der Waals surface area contributed by atoms with Crippen molar-refractivity contribution in [3.63, 3.8) is 0 Å². The molecular weight excluding hydrogens is 208 g/mol. The van der Waals surface area contributed by atoms with E-state index in [1.807, 2.05) is 6.92 Å². The average Bonchev–Trinajstić information content (AvgIpc) is 2.26. The Kier molecular flexibility index (Phi) is 5.25. The molecule has 2 unspecified atom stereocenters. The van der Waals surface area contributed by atoms with Gasteiger partial charge < -0.3 is 15.7 Å². The molecule has 5 heteroatoms. The van der Waals surface area contributed by atoms with Crippen molar-refractivity contribution in [1.82, 2.24) is 10.6 Å². The summed E-state index contributed by atoms with van der Waals surface area (Å²) < 4.78 is 0.